The Balaban J connectivity index is 1.48. The summed E-state index contributed by atoms with van der Waals surface area (Å²) >= 11 is 1.79. The minimum atomic E-state index is -0.455. The van der Waals surface area contributed by atoms with Crippen LogP contribution in [0.1, 0.15) is 65.7 Å². The number of hydrogen-bond acceptors (Lipinski definition) is 6. The highest BCUT2D eigenvalue weighted by molar-refractivity contribution is 8.13. The van der Waals surface area contributed by atoms with E-state index in [9.17, 15) is 4.79 Å². The normalized spacial score (nSPS) is 28.1. The molecule has 0 aromatic heterocycles. The average molecular weight is 410 g/mol. The Morgan fingerprint density at radius 2 is 1.89 bits per heavy atom. The van der Waals surface area contributed by atoms with E-state index in [0.717, 1.165) is 19.3 Å². The fourth-order valence-electron chi connectivity index (χ4n) is 4.57. The predicted molar refractivity (Wildman–Crippen MR) is 115 cm³/mol. The highest BCUT2D eigenvalue weighted by Gasteiger charge is 2.45. The molecule has 1 spiro atoms. The van der Waals surface area contributed by atoms with Gasteiger partial charge in [-0.3, -0.25) is 4.99 Å². The Morgan fingerprint density at radius 1 is 1.25 bits per heavy atom. The number of piperidine rings is 1. The number of carbonyl (C=O) groups excluding carboxylic acids is 1. The minimum absolute atomic E-state index is 0.208. The van der Waals surface area contributed by atoms with E-state index in [1.807, 2.05) is 27.8 Å². The van der Waals surface area contributed by atoms with Crippen molar-refractivity contribution in [2.45, 2.75) is 76.9 Å². The summed E-state index contributed by atoms with van der Waals surface area (Å²) in [5, 5.41) is 5.81. The lowest BCUT2D eigenvalue weighted by Crippen LogP contribution is -2.48. The van der Waals surface area contributed by atoms with E-state index in [2.05, 4.69) is 16.4 Å². The van der Waals surface area contributed by atoms with Gasteiger partial charge in [-0.2, -0.15) is 0 Å². The Morgan fingerprint density at radius 3 is 2.43 bits per heavy atom. The van der Waals surface area contributed by atoms with Gasteiger partial charge in [-0.05, 0) is 52.7 Å². The van der Waals surface area contributed by atoms with Crippen LogP contribution in [0.15, 0.2) is 10.1 Å². The molecule has 2 aliphatic heterocycles. The van der Waals surface area contributed by atoms with E-state index >= 15 is 0 Å². The first-order valence-corrected chi connectivity index (χ1v) is 11.7. The molecule has 6 nitrogen and oxygen atoms in total. The molecule has 158 valence electrons. The fraction of sp³-hybridized carbons (Fsp3) is 0.857. The van der Waals surface area contributed by atoms with E-state index in [-0.39, 0.29) is 11.7 Å². The third kappa shape index (κ3) is 5.02. The van der Waals surface area contributed by atoms with E-state index in [1.54, 1.807) is 16.7 Å². The predicted octanol–water partition coefficient (Wildman–Crippen LogP) is 4.73. The van der Waals surface area contributed by atoms with E-state index in [1.165, 1.54) is 36.4 Å². The van der Waals surface area contributed by atoms with E-state index < -0.39 is 5.60 Å². The van der Waals surface area contributed by atoms with Gasteiger partial charge in [0, 0.05) is 51.2 Å². The van der Waals surface area contributed by atoms with Crippen molar-refractivity contribution in [3.8, 4) is 0 Å². The molecule has 1 amide bonds. The number of aliphatic imine (C=N–C) groups is 1. The highest BCUT2D eigenvalue weighted by atomic mass is 32.2. The second kappa shape index (κ2) is 8.64. The van der Waals surface area contributed by atoms with Gasteiger partial charge < -0.3 is 14.5 Å². The highest BCUT2D eigenvalue weighted by Crippen LogP contribution is 2.40. The number of nitrogens with zero attached hydrogens (tertiary/aromatic N) is 3. The summed E-state index contributed by atoms with van der Waals surface area (Å²) in [5.74, 6) is 1.16. The van der Waals surface area contributed by atoms with Crippen LogP contribution in [-0.4, -0.2) is 59.3 Å². The van der Waals surface area contributed by atoms with Crippen molar-refractivity contribution < 1.29 is 14.4 Å². The smallest absolute Gasteiger partial charge is 0.410 e. The number of rotatable bonds is 2. The monoisotopic (exact) mass is 409 g/mol. The molecule has 1 aliphatic carbocycles. The molecule has 1 saturated carbocycles. The number of oxime groups is 1. The maximum absolute atomic E-state index is 12.3. The summed E-state index contributed by atoms with van der Waals surface area (Å²) in [7, 11) is 1.90. The Labute approximate surface area is 173 Å². The molecule has 0 bridgehead atoms. The van der Waals surface area contributed by atoms with Crippen molar-refractivity contribution in [2.75, 3.05) is 26.4 Å². The SMILES string of the molecule is CN=C(SC)C1CCC(C2=NOC3(CCN(C(=O)OC(C)(C)C)CC3)C2)CC1. The van der Waals surface area contributed by atoms with Crippen molar-refractivity contribution in [3.05, 3.63) is 0 Å². The average Bonchev–Trinajstić information content (AvgIpc) is 3.06. The standard InChI is InChI=1S/C21H35N3O3S/c1-20(2,3)26-19(25)24-12-10-21(11-13-24)14-17(23-27-21)15-6-8-16(9-7-15)18(22-4)28-5/h15-16H,6-14H2,1-5H3. The molecule has 0 unspecified atom stereocenters. The molecule has 3 rings (SSSR count). The number of ether oxygens (including phenoxy) is 1. The van der Waals surface area contributed by atoms with Crippen LogP contribution in [0.25, 0.3) is 0 Å². The molecule has 3 aliphatic rings. The molecule has 0 N–H and O–H groups in total. The number of hydrogen-bond donors (Lipinski definition) is 0. The van der Waals surface area contributed by atoms with Gasteiger partial charge in [-0.25, -0.2) is 4.79 Å². The van der Waals surface area contributed by atoms with Crippen LogP contribution < -0.4 is 0 Å². The van der Waals surface area contributed by atoms with Gasteiger partial charge in [-0.1, -0.05) is 5.16 Å². The third-order valence-corrected chi connectivity index (χ3v) is 7.10. The Hall–Kier alpha value is -1.24. The molecule has 0 aromatic carbocycles. The van der Waals surface area contributed by atoms with Gasteiger partial charge in [0.2, 0.25) is 0 Å². The summed E-state index contributed by atoms with van der Waals surface area (Å²) in [6, 6.07) is 0. The van der Waals surface area contributed by atoms with Gasteiger partial charge >= 0.3 is 6.09 Å². The van der Waals surface area contributed by atoms with Crippen LogP contribution in [-0.2, 0) is 9.57 Å². The summed E-state index contributed by atoms with van der Waals surface area (Å²) in [6.07, 6.45) is 9.20. The first-order chi connectivity index (χ1) is 13.3. The fourth-order valence-corrected chi connectivity index (χ4v) is 5.33. The molecule has 1 saturated heterocycles. The zero-order valence-corrected chi connectivity index (χ0v) is 18.8. The first kappa shape index (κ1) is 21.5. The Bertz CT molecular complexity index is 625. The number of amides is 1. The van der Waals surface area contributed by atoms with Gasteiger partial charge in [-0.15, -0.1) is 11.8 Å². The number of carbonyl (C=O) groups is 1. The quantitative estimate of drug-likeness (QED) is 0.488. The first-order valence-electron chi connectivity index (χ1n) is 10.5. The van der Waals surface area contributed by atoms with Gasteiger partial charge in [0.25, 0.3) is 0 Å². The summed E-state index contributed by atoms with van der Waals surface area (Å²) < 4.78 is 5.50. The molecule has 2 heterocycles. The van der Waals surface area contributed by atoms with E-state index in [4.69, 9.17) is 9.57 Å². The lowest BCUT2D eigenvalue weighted by molar-refractivity contribution is -0.0639. The molecule has 28 heavy (non-hydrogen) atoms. The zero-order chi connectivity index (χ0) is 20.4. The second-order valence-corrected chi connectivity index (χ2v) is 10.1. The topological polar surface area (TPSA) is 63.5 Å². The number of thioether (sulfide) groups is 1. The molecule has 2 fully saturated rings. The molecule has 0 atom stereocenters. The lowest BCUT2D eigenvalue weighted by Gasteiger charge is -2.38. The van der Waals surface area contributed by atoms with Gasteiger partial charge in [0.1, 0.15) is 11.2 Å². The number of likely N-dealkylation sites (tertiary alicyclic amines) is 1. The van der Waals surface area contributed by atoms with Crippen LogP contribution in [0.2, 0.25) is 0 Å². The van der Waals surface area contributed by atoms with Crippen LogP contribution >= 0.6 is 11.8 Å². The lowest BCUT2D eigenvalue weighted by atomic mass is 9.76. The van der Waals surface area contributed by atoms with E-state index in [0.29, 0.717) is 24.9 Å². The Kier molecular flexibility index (Phi) is 6.62. The van der Waals surface area contributed by atoms with Crippen LogP contribution in [0, 0.1) is 11.8 Å². The third-order valence-electron chi connectivity index (χ3n) is 6.16. The molecule has 0 aromatic rings. The maximum atomic E-state index is 12.3. The second-order valence-electron chi connectivity index (χ2n) is 9.32. The summed E-state index contributed by atoms with van der Waals surface area (Å²) in [4.78, 5) is 24.5. The molecule has 0 radical (unpaired) electrons. The largest absolute Gasteiger partial charge is 0.444 e. The van der Waals surface area contributed by atoms with Crippen molar-refractivity contribution in [2.24, 2.45) is 22.0 Å². The van der Waals surface area contributed by atoms with Crippen LogP contribution in [0.4, 0.5) is 4.79 Å². The molecular formula is C21H35N3O3S. The maximum Gasteiger partial charge on any atom is 0.410 e. The van der Waals surface area contributed by atoms with Gasteiger partial charge in [0.05, 0.1) is 10.8 Å². The van der Waals surface area contributed by atoms with Crippen molar-refractivity contribution >= 4 is 28.6 Å². The zero-order valence-electron chi connectivity index (χ0n) is 18.0. The summed E-state index contributed by atoms with van der Waals surface area (Å²) in [6.45, 7) is 7.06. The van der Waals surface area contributed by atoms with Gasteiger partial charge in [0.15, 0.2) is 0 Å². The summed E-state index contributed by atoms with van der Waals surface area (Å²) in [5.41, 5.74) is 0.576. The van der Waals surface area contributed by atoms with Crippen LogP contribution in [0.5, 0.6) is 0 Å². The van der Waals surface area contributed by atoms with Crippen molar-refractivity contribution in [3.63, 3.8) is 0 Å². The van der Waals surface area contributed by atoms with Crippen molar-refractivity contribution in [1.29, 1.82) is 0 Å². The van der Waals surface area contributed by atoms with Crippen molar-refractivity contribution in [1.82, 2.24) is 4.90 Å². The minimum Gasteiger partial charge on any atom is -0.444 e. The van der Waals surface area contributed by atoms with Crippen LogP contribution in [0.3, 0.4) is 0 Å². The molecular weight excluding hydrogens is 374 g/mol. The molecule has 7 heteroatoms.